The molecule has 0 atom stereocenters. The molecule has 0 N–H and O–H groups in total. The Hall–Kier alpha value is -2.16. The molecule has 3 heteroatoms. The van der Waals surface area contributed by atoms with Crippen LogP contribution in [0.2, 0.25) is 0 Å². The van der Waals surface area contributed by atoms with Gasteiger partial charge in [-0.1, -0.05) is 44.2 Å². The minimum absolute atomic E-state index is 0.116. The Morgan fingerprint density at radius 2 is 1.64 bits per heavy atom. The highest BCUT2D eigenvalue weighted by Gasteiger charge is 2.32. The van der Waals surface area contributed by atoms with E-state index in [-0.39, 0.29) is 11.3 Å². The average molecular weight is 453 g/mol. The van der Waals surface area contributed by atoms with Gasteiger partial charge in [-0.05, 0) is 111 Å². The standard InChI is InChI=1S/C30H38F2O/c1-3-5-6-7-21-8-10-22(11-9-21)23-12-14-24(15-13-23)27-19-25-16-17-26(33-18-4-2)20-28(25)30(32)29(27)31/h4,6-7,16-17,19-24H,2-3,5,8-15,18H2,1H3/b7-6+. The monoisotopic (exact) mass is 452 g/mol. The SMILES string of the molecule is C=CCOc1ccc2cc(C3CCC(C4CCC(/C=C/CCC)CC4)CC3)c(F)c(F)c2c1. The second kappa shape index (κ2) is 11.3. The Morgan fingerprint density at radius 3 is 2.30 bits per heavy atom. The van der Waals surface area contributed by atoms with E-state index in [1.807, 2.05) is 18.2 Å². The molecule has 0 radical (unpaired) electrons. The first-order valence-corrected chi connectivity index (χ1v) is 12.9. The van der Waals surface area contributed by atoms with Crippen molar-refractivity contribution in [2.24, 2.45) is 17.8 Å². The lowest BCUT2D eigenvalue weighted by Crippen LogP contribution is -2.25. The average Bonchev–Trinajstić information content (AvgIpc) is 2.86. The summed E-state index contributed by atoms with van der Waals surface area (Å²) in [5.74, 6) is 1.55. The van der Waals surface area contributed by atoms with Crippen molar-refractivity contribution in [1.29, 1.82) is 0 Å². The number of hydrogen-bond donors (Lipinski definition) is 0. The molecule has 2 aromatic carbocycles. The van der Waals surface area contributed by atoms with Crippen LogP contribution in [0.5, 0.6) is 5.75 Å². The second-order valence-electron chi connectivity index (χ2n) is 10.1. The van der Waals surface area contributed by atoms with Crippen LogP contribution in [0.15, 0.2) is 49.1 Å². The molecule has 178 valence electrons. The van der Waals surface area contributed by atoms with Gasteiger partial charge in [-0.25, -0.2) is 8.78 Å². The summed E-state index contributed by atoms with van der Waals surface area (Å²) in [6.07, 6.45) is 18.3. The zero-order valence-corrected chi connectivity index (χ0v) is 20.0. The number of fused-ring (bicyclic) bond motifs is 1. The van der Waals surface area contributed by atoms with Crippen molar-refractivity contribution in [2.75, 3.05) is 6.61 Å². The summed E-state index contributed by atoms with van der Waals surface area (Å²) in [7, 11) is 0. The van der Waals surface area contributed by atoms with Crippen LogP contribution in [0.1, 0.15) is 82.6 Å². The molecule has 2 fully saturated rings. The van der Waals surface area contributed by atoms with Crippen LogP contribution in [0.3, 0.4) is 0 Å². The number of benzene rings is 2. The first kappa shape index (κ1) is 24.0. The molecule has 0 saturated heterocycles. The molecule has 0 aliphatic heterocycles. The molecule has 0 heterocycles. The van der Waals surface area contributed by atoms with Crippen LogP contribution in [-0.4, -0.2) is 6.61 Å². The van der Waals surface area contributed by atoms with E-state index in [1.54, 1.807) is 12.1 Å². The van der Waals surface area contributed by atoms with Crippen molar-refractivity contribution in [3.63, 3.8) is 0 Å². The highest BCUT2D eigenvalue weighted by molar-refractivity contribution is 5.85. The molecular weight excluding hydrogens is 414 g/mol. The van der Waals surface area contributed by atoms with Crippen molar-refractivity contribution in [1.82, 2.24) is 0 Å². The van der Waals surface area contributed by atoms with Crippen LogP contribution in [0, 0.1) is 29.4 Å². The Morgan fingerprint density at radius 1 is 0.939 bits per heavy atom. The van der Waals surface area contributed by atoms with Gasteiger partial charge in [0.25, 0.3) is 0 Å². The number of allylic oxidation sites excluding steroid dienone is 2. The molecule has 2 aromatic rings. The topological polar surface area (TPSA) is 9.23 Å². The number of rotatable bonds is 8. The van der Waals surface area contributed by atoms with Crippen LogP contribution in [0.25, 0.3) is 10.8 Å². The zero-order valence-electron chi connectivity index (χ0n) is 20.0. The summed E-state index contributed by atoms with van der Waals surface area (Å²) in [6, 6.07) is 7.10. The summed E-state index contributed by atoms with van der Waals surface area (Å²) < 4.78 is 35.6. The van der Waals surface area contributed by atoms with Gasteiger partial charge >= 0.3 is 0 Å². The maximum Gasteiger partial charge on any atom is 0.167 e. The lowest BCUT2D eigenvalue weighted by atomic mass is 9.68. The third-order valence-electron chi connectivity index (χ3n) is 7.94. The Bertz CT molecular complexity index is 963. The molecule has 0 amide bonds. The minimum Gasteiger partial charge on any atom is -0.490 e. The highest BCUT2D eigenvalue weighted by Crippen LogP contribution is 2.45. The van der Waals surface area contributed by atoms with Gasteiger partial charge in [-0.3, -0.25) is 0 Å². The van der Waals surface area contributed by atoms with E-state index in [1.165, 1.54) is 38.5 Å². The van der Waals surface area contributed by atoms with Crippen molar-refractivity contribution in [3.05, 3.63) is 66.3 Å². The Kier molecular flexibility index (Phi) is 8.22. The van der Waals surface area contributed by atoms with Crippen molar-refractivity contribution in [3.8, 4) is 5.75 Å². The zero-order chi connectivity index (χ0) is 23.2. The fourth-order valence-electron chi connectivity index (χ4n) is 6.03. The number of hydrogen-bond acceptors (Lipinski definition) is 1. The molecule has 4 rings (SSSR count). The number of unbranched alkanes of at least 4 members (excludes halogenated alkanes) is 1. The van der Waals surface area contributed by atoms with Gasteiger partial charge in [0.15, 0.2) is 11.6 Å². The van der Waals surface area contributed by atoms with E-state index in [4.69, 9.17) is 4.74 Å². The van der Waals surface area contributed by atoms with Crippen LogP contribution in [-0.2, 0) is 0 Å². The van der Waals surface area contributed by atoms with Gasteiger partial charge < -0.3 is 4.74 Å². The summed E-state index contributed by atoms with van der Waals surface area (Å²) in [4.78, 5) is 0. The van der Waals surface area contributed by atoms with Crippen LogP contribution >= 0.6 is 0 Å². The predicted molar refractivity (Wildman–Crippen MR) is 134 cm³/mol. The lowest BCUT2D eigenvalue weighted by molar-refractivity contribution is 0.170. The van der Waals surface area contributed by atoms with E-state index in [9.17, 15) is 4.39 Å². The molecule has 2 saturated carbocycles. The quantitative estimate of drug-likeness (QED) is 0.363. The fraction of sp³-hybridized carbons (Fsp3) is 0.533. The fourth-order valence-corrected chi connectivity index (χ4v) is 6.03. The van der Waals surface area contributed by atoms with E-state index >= 15 is 4.39 Å². The van der Waals surface area contributed by atoms with E-state index in [2.05, 4.69) is 25.7 Å². The maximum absolute atomic E-state index is 15.1. The molecule has 0 aromatic heterocycles. The number of halogens is 2. The summed E-state index contributed by atoms with van der Waals surface area (Å²) in [5.41, 5.74) is 0.558. The molecule has 33 heavy (non-hydrogen) atoms. The molecule has 0 spiro atoms. The van der Waals surface area contributed by atoms with E-state index in [0.717, 1.165) is 48.8 Å². The molecular formula is C30H38F2O. The molecule has 2 aliphatic rings. The lowest BCUT2D eigenvalue weighted by Gasteiger charge is -2.37. The predicted octanol–water partition coefficient (Wildman–Crippen LogP) is 9.12. The summed E-state index contributed by atoms with van der Waals surface area (Å²) in [5, 5.41) is 1.03. The Balaban J connectivity index is 1.38. The molecule has 1 nitrogen and oxygen atoms in total. The summed E-state index contributed by atoms with van der Waals surface area (Å²) in [6.45, 7) is 6.19. The Labute approximate surface area is 197 Å². The molecule has 0 unspecified atom stereocenters. The minimum atomic E-state index is -0.747. The largest absolute Gasteiger partial charge is 0.490 e. The van der Waals surface area contributed by atoms with Gasteiger partial charge in [0.2, 0.25) is 0 Å². The van der Waals surface area contributed by atoms with Gasteiger partial charge in [-0.2, -0.15) is 0 Å². The van der Waals surface area contributed by atoms with Gasteiger partial charge in [-0.15, -0.1) is 0 Å². The van der Waals surface area contributed by atoms with Gasteiger partial charge in [0.05, 0.1) is 0 Å². The van der Waals surface area contributed by atoms with Crippen LogP contribution in [0.4, 0.5) is 8.78 Å². The first-order chi connectivity index (χ1) is 16.1. The van der Waals surface area contributed by atoms with E-state index < -0.39 is 11.6 Å². The van der Waals surface area contributed by atoms with Crippen molar-refractivity contribution in [2.45, 2.75) is 77.0 Å². The van der Waals surface area contributed by atoms with Crippen LogP contribution < -0.4 is 4.74 Å². The van der Waals surface area contributed by atoms with Gasteiger partial charge in [0, 0.05) is 5.39 Å². The normalized spacial score (nSPS) is 26.0. The molecule has 2 aliphatic carbocycles. The maximum atomic E-state index is 15.1. The van der Waals surface area contributed by atoms with Crippen molar-refractivity contribution < 1.29 is 13.5 Å². The molecule has 0 bridgehead atoms. The third-order valence-corrected chi connectivity index (χ3v) is 7.94. The van der Waals surface area contributed by atoms with Gasteiger partial charge in [0.1, 0.15) is 12.4 Å². The number of ether oxygens (including phenoxy) is 1. The third kappa shape index (κ3) is 5.67. The summed E-state index contributed by atoms with van der Waals surface area (Å²) >= 11 is 0. The van der Waals surface area contributed by atoms with E-state index in [0.29, 0.717) is 17.9 Å². The second-order valence-corrected chi connectivity index (χ2v) is 10.1. The first-order valence-electron chi connectivity index (χ1n) is 12.9. The van der Waals surface area contributed by atoms with Crippen molar-refractivity contribution >= 4 is 10.8 Å². The smallest absolute Gasteiger partial charge is 0.167 e. The highest BCUT2D eigenvalue weighted by atomic mass is 19.2.